The van der Waals surface area contributed by atoms with Gasteiger partial charge in [-0.15, -0.1) is 0 Å². The van der Waals surface area contributed by atoms with Crippen molar-refractivity contribution in [2.75, 3.05) is 7.11 Å². The normalized spacial score (nSPS) is 28.0. The van der Waals surface area contributed by atoms with Crippen LogP contribution in [0, 0.1) is 17.7 Å². The van der Waals surface area contributed by atoms with Crippen LogP contribution < -0.4 is 4.74 Å². The topological polar surface area (TPSA) is 29.5 Å². The molecule has 0 heterocycles. The first-order valence-electron chi connectivity index (χ1n) is 6.02. The van der Waals surface area contributed by atoms with Crippen LogP contribution >= 0.6 is 0 Å². The predicted molar refractivity (Wildman–Crippen MR) is 64.4 cm³/mol. The Morgan fingerprint density at radius 2 is 2.06 bits per heavy atom. The molecule has 17 heavy (non-hydrogen) atoms. The quantitative estimate of drug-likeness (QED) is 0.876. The van der Waals surface area contributed by atoms with Gasteiger partial charge in [0.1, 0.15) is 11.6 Å². The Balaban J connectivity index is 2.19. The summed E-state index contributed by atoms with van der Waals surface area (Å²) in [4.78, 5) is 0. The number of ether oxygens (including phenoxy) is 1. The molecule has 0 spiro atoms. The van der Waals surface area contributed by atoms with E-state index in [0.29, 0.717) is 36.0 Å². The first kappa shape index (κ1) is 12.4. The Kier molecular flexibility index (Phi) is 3.13. The molecule has 1 aromatic rings. The molecule has 1 aliphatic rings. The van der Waals surface area contributed by atoms with Gasteiger partial charge in [-0.1, -0.05) is 13.8 Å². The van der Waals surface area contributed by atoms with Gasteiger partial charge >= 0.3 is 0 Å². The van der Waals surface area contributed by atoms with E-state index in [2.05, 4.69) is 13.8 Å². The summed E-state index contributed by atoms with van der Waals surface area (Å²) in [6, 6.07) is 4.65. The lowest BCUT2D eigenvalue weighted by Gasteiger charge is -2.46. The van der Waals surface area contributed by atoms with Gasteiger partial charge in [-0.05, 0) is 36.8 Å². The molecule has 0 aromatic heterocycles. The fourth-order valence-electron chi connectivity index (χ4n) is 2.50. The first-order valence-corrected chi connectivity index (χ1v) is 6.02. The lowest BCUT2D eigenvalue weighted by atomic mass is 9.63. The minimum atomic E-state index is -0.981. The lowest BCUT2D eigenvalue weighted by Crippen LogP contribution is -2.43. The highest BCUT2D eigenvalue weighted by Crippen LogP contribution is 2.49. The fraction of sp³-hybridized carbons (Fsp3) is 0.571. The van der Waals surface area contributed by atoms with E-state index >= 15 is 0 Å². The number of benzene rings is 1. The standard InChI is InChI=1S/C14H19FO2/c1-9(2)10-7-14(16,8-10)12-5-4-11(17-3)6-13(12)15/h4-6,9-10,16H,7-8H2,1-3H3. The van der Waals surface area contributed by atoms with Crippen LogP contribution in [0.25, 0.3) is 0 Å². The molecular weight excluding hydrogens is 219 g/mol. The van der Waals surface area contributed by atoms with Crippen molar-refractivity contribution in [3.8, 4) is 5.75 Å². The van der Waals surface area contributed by atoms with Gasteiger partial charge in [0.25, 0.3) is 0 Å². The van der Waals surface area contributed by atoms with Crippen molar-refractivity contribution in [3.63, 3.8) is 0 Å². The van der Waals surface area contributed by atoms with Gasteiger partial charge in [-0.25, -0.2) is 4.39 Å². The average Bonchev–Trinajstić information content (AvgIpc) is 2.24. The van der Waals surface area contributed by atoms with Crippen molar-refractivity contribution in [2.24, 2.45) is 11.8 Å². The third kappa shape index (κ3) is 2.16. The number of rotatable bonds is 3. The summed E-state index contributed by atoms with van der Waals surface area (Å²) < 4.78 is 18.8. The molecule has 0 radical (unpaired) electrons. The van der Waals surface area contributed by atoms with Gasteiger partial charge in [0.2, 0.25) is 0 Å². The molecule has 3 heteroatoms. The predicted octanol–water partition coefficient (Wildman–Crippen LogP) is 3.09. The highest BCUT2D eigenvalue weighted by atomic mass is 19.1. The minimum absolute atomic E-state index is 0.381. The Labute approximate surface area is 101 Å². The average molecular weight is 238 g/mol. The number of aliphatic hydroxyl groups is 1. The molecule has 1 aromatic carbocycles. The summed E-state index contributed by atoms with van der Waals surface area (Å²) in [5.41, 5.74) is -0.583. The molecule has 0 atom stereocenters. The summed E-state index contributed by atoms with van der Waals surface area (Å²) in [6.07, 6.45) is 1.29. The van der Waals surface area contributed by atoms with Crippen LogP contribution in [-0.2, 0) is 5.60 Å². The number of methoxy groups -OCH3 is 1. The van der Waals surface area contributed by atoms with E-state index in [1.54, 1.807) is 12.1 Å². The maximum Gasteiger partial charge on any atom is 0.132 e. The van der Waals surface area contributed by atoms with Gasteiger partial charge in [0.05, 0.1) is 12.7 Å². The van der Waals surface area contributed by atoms with Crippen molar-refractivity contribution < 1.29 is 14.2 Å². The number of hydrogen-bond acceptors (Lipinski definition) is 2. The van der Waals surface area contributed by atoms with Crippen LogP contribution in [0.4, 0.5) is 4.39 Å². The van der Waals surface area contributed by atoms with Crippen molar-refractivity contribution >= 4 is 0 Å². The van der Waals surface area contributed by atoms with E-state index in [4.69, 9.17) is 4.74 Å². The van der Waals surface area contributed by atoms with Crippen molar-refractivity contribution in [1.29, 1.82) is 0 Å². The summed E-state index contributed by atoms with van der Waals surface area (Å²) in [5, 5.41) is 10.4. The molecule has 1 N–H and O–H groups in total. The van der Waals surface area contributed by atoms with Gasteiger partial charge < -0.3 is 9.84 Å². The van der Waals surface area contributed by atoms with Gasteiger partial charge in [-0.3, -0.25) is 0 Å². The summed E-state index contributed by atoms with van der Waals surface area (Å²) in [6.45, 7) is 4.27. The molecule has 1 fully saturated rings. The van der Waals surface area contributed by atoms with Crippen LogP contribution in [-0.4, -0.2) is 12.2 Å². The second kappa shape index (κ2) is 4.30. The second-order valence-electron chi connectivity index (χ2n) is 5.29. The van der Waals surface area contributed by atoms with E-state index in [0.717, 1.165) is 0 Å². The maximum atomic E-state index is 13.8. The third-order valence-electron chi connectivity index (χ3n) is 3.82. The molecule has 0 aliphatic heterocycles. The van der Waals surface area contributed by atoms with Crippen LogP contribution in [0.2, 0.25) is 0 Å². The van der Waals surface area contributed by atoms with Gasteiger partial charge in [-0.2, -0.15) is 0 Å². The van der Waals surface area contributed by atoms with E-state index in [9.17, 15) is 9.50 Å². The Hall–Kier alpha value is -1.09. The van der Waals surface area contributed by atoms with E-state index in [-0.39, 0.29) is 5.82 Å². The van der Waals surface area contributed by atoms with Crippen molar-refractivity contribution in [3.05, 3.63) is 29.6 Å². The smallest absolute Gasteiger partial charge is 0.132 e. The van der Waals surface area contributed by atoms with Gasteiger partial charge in [0.15, 0.2) is 0 Å². The van der Waals surface area contributed by atoms with Crippen molar-refractivity contribution in [2.45, 2.75) is 32.3 Å². The zero-order chi connectivity index (χ0) is 12.6. The molecular formula is C14H19FO2. The summed E-state index contributed by atoms with van der Waals surface area (Å²) in [7, 11) is 1.50. The van der Waals surface area contributed by atoms with Gasteiger partial charge in [0, 0.05) is 11.6 Å². The van der Waals surface area contributed by atoms with Crippen molar-refractivity contribution in [1.82, 2.24) is 0 Å². The molecule has 1 saturated carbocycles. The molecule has 2 nitrogen and oxygen atoms in total. The minimum Gasteiger partial charge on any atom is -0.497 e. The third-order valence-corrected chi connectivity index (χ3v) is 3.82. The summed E-state index contributed by atoms with van der Waals surface area (Å²) in [5.74, 6) is 1.13. The Morgan fingerprint density at radius 1 is 1.41 bits per heavy atom. The van der Waals surface area contributed by atoms with E-state index < -0.39 is 5.60 Å². The molecule has 0 saturated heterocycles. The molecule has 94 valence electrons. The SMILES string of the molecule is COc1ccc(C2(O)CC(C(C)C)C2)c(F)c1. The van der Waals surface area contributed by atoms with Crippen LogP contribution in [0.1, 0.15) is 32.3 Å². The highest BCUT2D eigenvalue weighted by Gasteiger charge is 2.46. The van der Waals surface area contributed by atoms with Crippen LogP contribution in [0.15, 0.2) is 18.2 Å². The highest BCUT2D eigenvalue weighted by molar-refractivity contribution is 5.34. The zero-order valence-electron chi connectivity index (χ0n) is 10.5. The maximum absolute atomic E-state index is 13.8. The fourth-order valence-corrected chi connectivity index (χ4v) is 2.50. The first-order chi connectivity index (χ1) is 7.96. The molecule has 2 rings (SSSR count). The second-order valence-corrected chi connectivity index (χ2v) is 5.29. The Bertz CT molecular complexity index is 409. The van der Waals surface area contributed by atoms with E-state index in [1.165, 1.54) is 13.2 Å². The molecule has 1 aliphatic carbocycles. The molecule has 0 unspecified atom stereocenters. The monoisotopic (exact) mass is 238 g/mol. The molecule has 0 bridgehead atoms. The number of hydrogen-bond donors (Lipinski definition) is 1. The molecule has 0 amide bonds. The zero-order valence-corrected chi connectivity index (χ0v) is 10.5. The van der Waals surface area contributed by atoms with E-state index in [1.807, 2.05) is 0 Å². The lowest BCUT2D eigenvalue weighted by molar-refractivity contribution is -0.0956. The van der Waals surface area contributed by atoms with Crippen LogP contribution in [0.3, 0.4) is 0 Å². The number of halogens is 1. The largest absolute Gasteiger partial charge is 0.497 e. The summed E-state index contributed by atoms with van der Waals surface area (Å²) >= 11 is 0. The Morgan fingerprint density at radius 3 is 2.53 bits per heavy atom. The van der Waals surface area contributed by atoms with Crippen LogP contribution in [0.5, 0.6) is 5.75 Å².